The van der Waals surface area contributed by atoms with Crippen LogP contribution in [0.3, 0.4) is 0 Å². The lowest BCUT2D eigenvalue weighted by molar-refractivity contribution is -0.135. The minimum absolute atomic E-state index is 0.0102. The summed E-state index contributed by atoms with van der Waals surface area (Å²) in [5, 5.41) is 18.7. The summed E-state index contributed by atoms with van der Waals surface area (Å²) < 4.78 is 0. The van der Waals surface area contributed by atoms with Crippen LogP contribution in [-0.4, -0.2) is 30.2 Å². The summed E-state index contributed by atoms with van der Waals surface area (Å²) in [6, 6.07) is 0. The lowest BCUT2D eigenvalue weighted by Crippen LogP contribution is -2.33. The van der Waals surface area contributed by atoms with E-state index in [9.17, 15) is 19.8 Å². The summed E-state index contributed by atoms with van der Waals surface area (Å²) in [5.41, 5.74) is 0.0700. The molecule has 0 rings (SSSR count). The Labute approximate surface area is 110 Å². The molecule has 0 aromatic carbocycles. The maximum Gasteiger partial charge on any atom is 0.331 e. The second kappa shape index (κ2) is 5.69. The molecule has 18 heavy (non-hydrogen) atoms. The van der Waals surface area contributed by atoms with Crippen LogP contribution in [0.15, 0.2) is 10.8 Å². The first-order chi connectivity index (χ1) is 7.86. The molecule has 0 aromatic rings. The maximum absolute atomic E-state index is 11.3. The van der Waals surface area contributed by atoms with Crippen molar-refractivity contribution < 1.29 is 19.8 Å². The lowest BCUT2D eigenvalue weighted by atomic mass is 9.88. The van der Waals surface area contributed by atoms with Gasteiger partial charge in [0.2, 0.25) is 0 Å². The highest BCUT2D eigenvalue weighted by atomic mass is 28.3. The van der Waals surface area contributed by atoms with E-state index in [1.165, 1.54) is 0 Å². The van der Waals surface area contributed by atoms with Crippen molar-refractivity contribution in [2.45, 2.75) is 53.3 Å². The van der Waals surface area contributed by atoms with Crippen molar-refractivity contribution in [1.82, 2.24) is 0 Å². The summed E-state index contributed by atoms with van der Waals surface area (Å²) in [6.45, 7) is 11.6. The fraction of sp³-hybridized carbons (Fsp3) is 0.692. The van der Waals surface area contributed by atoms with Crippen LogP contribution in [0.5, 0.6) is 0 Å². The van der Waals surface area contributed by atoms with Crippen LogP contribution in [0, 0.1) is 5.41 Å². The van der Waals surface area contributed by atoms with Crippen LogP contribution < -0.4 is 0 Å². The standard InChI is InChI=1S/C13H24O4Si/c1-13(2,3)8-7-9(11(14)15)10(12(16)17)18(4,5)6/h7-8H2,1-6H3,(H,14,15)(H,16,17). The van der Waals surface area contributed by atoms with Crippen molar-refractivity contribution in [2.24, 2.45) is 5.41 Å². The predicted molar refractivity (Wildman–Crippen MR) is 74.3 cm³/mol. The first kappa shape index (κ1) is 16.9. The third kappa shape index (κ3) is 5.49. The zero-order valence-corrected chi connectivity index (χ0v) is 13.1. The van der Waals surface area contributed by atoms with Crippen molar-refractivity contribution in [2.75, 3.05) is 0 Å². The number of aliphatic carboxylic acids is 2. The number of hydrogen-bond donors (Lipinski definition) is 2. The molecule has 104 valence electrons. The van der Waals surface area contributed by atoms with Gasteiger partial charge in [0.05, 0.1) is 8.07 Å². The normalized spacial score (nSPS) is 14.1. The number of carboxylic acid groups (broad SMARTS) is 2. The summed E-state index contributed by atoms with van der Waals surface area (Å²) in [5.74, 6) is -2.18. The minimum atomic E-state index is -2.17. The van der Waals surface area contributed by atoms with Gasteiger partial charge in [0, 0.05) is 10.8 Å². The van der Waals surface area contributed by atoms with Gasteiger partial charge in [-0.2, -0.15) is 0 Å². The van der Waals surface area contributed by atoms with E-state index in [2.05, 4.69) is 0 Å². The quantitative estimate of drug-likeness (QED) is 0.595. The zero-order valence-electron chi connectivity index (χ0n) is 12.1. The molecule has 0 spiro atoms. The molecule has 0 atom stereocenters. The van der Waals surface area contributed by atoms with Crippen molar-refractivity contribution in [3.8, 4) is 0 Å². The molecule has 0 fully saturated rings. The highest BCUT2D eigenvalue weighted by Gasteiger charge is 2.32. The fourth-order valence-electron chi connectivity index (χ4n) is 1.74. The zero-order chi connectivity index (χ0) is 14.7. The van der Waals surface area contributed by atoms with Gasteiger partial charge in [-0.25, -0.2) is 9.59 Å². The Morgan fingerprint density at radius 2 is 1.44 bits per heavy atom. The van der Waals surface area contributed by atoms with Crippen LogP contribution >= 0.6 is 0 Å². The molecule has 0 unspecified atom stereocenters. The first-order valence-electron chi connectivity index (χ1n) is 6.06. The van der Waals surface area contributed by atoms with Gasteiger partial charge in [-0.15, -0.1) is 0 Å². The SMILES string of the molecule is CC(C)(C)CCC(C(=O)O)=C(C(=O)O)[Si](C)(C)C. The fourth-order valence-corrected chi connectivity index (χ4v) is 3.52. The summed E-state index contributed by atoms with van der Waals surface area (Å²) in [7, 11) is -2.17. The van der Waals surface area contributed by atoms with Gasteiger partial charge in [-0.3, -0.25) is 0 Å². The molecule has 0 saturated heterocycles. The Bertz CT molecular complexity index is 369. The van der Waals surface area contributed by atoms with Gasteiger partial charge in [0.1, 0.15) is 0 Å². The first-order valence-corrected chi connectivity index (χ1v) is 9.56. The molecule has 0 aliphatic carbocycles. The molecule has 2 N–H and O–H groups in total. The van der Waals surface area contributed by atoms with Crippen LogP contribution in [-0.2, 0) is 9.59 Å². The van der Waals surface area contributed by atoms with Gasteiger partial charge in [-0.1, -0.05) is 40.4 Å². The average Bonchev–Trinajstić information content (AvgIpc) is 2.06. The topological polar surface area (TPSA) is 74.6 Å². The number of carbonyl (C=O) groups is 2. The Morgan fingerprint density at radius 3 is 1.67 bits per heavy atom. The van der Waals surface area contributed by atoms with Gasteiger partial charge < -0.3 is 10.2 Å². The minimum Gasteiger partial charge on any atom is -0.478 e. The van der Waals surface area contributed by atoms with Gasteiger partial charge in [0.25, 0.3) is 0 Å². The maximum atomic E-state index is 11.3. The van der Waals surface area contributed by atoms with Gasteiger partial charge in [0.15, 0.2) is 0 Å². The Hall–Kier alpha value is -1.10. The van der Waals surface area contributed by atoms with E-state index in [1.54, 1.807) is 0 Å². The molecule has 0 amide bonds. The molecule has 0 bridgehead atoms. The summed E-state index contributed by atoms with van der Waals surface area (Å²) in [4.78, 5) is 22.6. The van der Waals surface area contributed by atoms with E-state index >= 15 is 0 Å². The molecule has 0 saturated carbocycles. The molecule has 0 heterocycles. The van der Waals surface area contributed by atoms with Crippen LogP contribution in [0.4, 0.5) is 0 Å². The monoisotopic (exact) mass is 272 g/mol. The predicted octanol–water partition coefficient (Wildman–Crippen LogP) is 3.16. The number of carboxylic acids is 2. The molecule has 0 aromatic heterocycles. The van der Waals surface area contributed by atoms with Crippen molar-refractivity contribution in [3.63, 3.8) is 0 Å². The van der Waals surface area contributed by atoms with Crippen molar-refractivity contribution in [1.29, 1.82) is 0 Å². The summed E-state index contributed by atoms with van der Waals surface area (Å²) in [6.07, 6.45) is 0.973. The number of hydrogen-bond acceptors (Lipinski definition) is 2. The van der Waals surface area contributed by atoms with E-state index in [0.29, 0.717) is 12.8 Å². The van der Waals surface area contributed by atoms with E-state index in [4.69, 9.17) is 0 Å². The van der Waals surface area contributed by atoms with E-state index in [1.807, 2.05) is 40.4 Å². The molecule has 4 nitrogen and oxygen atoms in total. The van der Waals surface area contributed by atoms with Crippen molar-refractivity contribution >= 4 is 20.0 Å². The van der Waals surface area contributed by atoms with Crippen LogP contribution in [0.25, 0.3) is 0 Å². The Balaban J connectivity index is 5.52. The molecule has 0 radical (unpaired) electrons. The molecular weight excluding hydrogens is 248 g/mol. The third-order valence-electron chi connectivity index (χ3n) is 2.65. The second-order valence-electron chi connectivity index (χ2n) is 6.77. The number of rotatable bonds is 5. The molecule has 0 aliphatic heterocycles. The smallest absolute Gasteiger partial charge is 0.331 e. The van der Waals surface area contributed by atoms with Gasteiger partial charge >= 0.3 is 11.9 Å². The highest BCUT2D eigenvalue weighted by Crippen LogP contribution is 2.28. The third-order valence-corrected chi connectivity index (χ3v) is 4.66. The van der Waals surface area contributed by atoms with Gasteiger partial charge in [-0.05, 0) is 18.3 Å². The Morgan fingerprint density at radius 1 is 1.00 bits per heavy atom. The average molecular weight is 272 g/mol. The van der Waals surface area contributed by atoms with Crippen molar-refractivity contribution in [3.05, 3.63) is 10.8 Å². The largest absolute Gasteiger partial charge is 0.478 e. The molecule has 5 heteroatoms. The Kier molecular flexibility index (Phi) is 5.34. The second-order valence-corrected chi connectivity index (χ2v) is 11.8. The highest BCUT2D eigenvalue weighted by molar-refractivity contribution is 6.87. The lowest BCUT2D eigenvalue weighted by Gasteiger charge is -2.23. The van der Waals surface area contributed by atoms with E-state index in [0.717, 1.165) is 0 Å². The van der Waals surface area contributed by atoms with Crippen LogP contribution in [0.2, 0.25) is 19.6 Å². The summed E-state index contributed by atoms with van der Waals surface area (Å²) >= 11 is 0. The van der Waals surface area contributed by atoms with E-state index < -0.39 is 20.0 Å². The molecule has 0 aliphatic rings. The van der Waals surface area contributed by atoms with E-state index in [-0.39, 0.29) is 16.2 Å². The van der Waals surface area contributed by atoms with Crippen LogP contribution in [0.1, 0.15) is 33.6 Å². The molecular formula is C13H24O4Si.